The molecule has 1 aromatic carbocycles. The number of fused-ring (bicyclic) bond motifs is 1. The average Bonchev–Trinajstić information content (AvgIpc) is 3.20. The number of amides is 1. The highest BCUT2D eigenvalue weighted by Crippen LogP contribution is 2.20. The van der Waals surface area contributed by atoms with Crippen LogP contribution in [-0.4, -0.2) is 25.7 Å². The topological polar surface area (TPSA) is 72.7 Å². The first-order valence-corrected chi connectivity index (χ1v) is 8.78. The number of aryl methyl sites for hydroxylation is 1. The zero-order chi connectivity index (χ0) is 18.8. The number of aromatic nitrogens is 4. The smallest absolute Gasteiger partial charge is 0.253 e. The quantitative estimate of drug-likeness (QED) is 0.588. The van der Waals surface area contributed by atoms with Crippen LogP contribution in [0.3, 0.4) is 0 Å². The van der Waals surface area contributed by atoms with Gasteiger partial charge in [-0.2, -0.15) is 5.10 Å². The highest BCUT2D eigenvalue weighted by atomic mass is 35.5. The van der Waals surface area contributed by atoms with E-state index >= 15 is 0 Å². The number of nitrogens with zero attached hydrogens (tertiary/aromatic N) is 4. The zero-order valence-electron chi connectivity index (χ0n) is 14.6. The second kappa shape index (κ2) is 7.17. The minimum Gasteiger partial charge on any atom is -0.348 e. The first-order chi connectivity index (χ1) is 13.1. The SMILES string of the molecule is Cc1nc2cc(Cl)ccc2cc1C(=O)NCc1cccnc1-n1cccn1. The molecule has 0 atom stereocenters. The van der Waals surface area contributed by atoms with Gasteiger partial charge in [-0.15, -0.1) is 0 Å². The van der Waals surface area contributed by atoms with Gasteiger partial charge in [0.2, 0.25) is 0 Å². The number of halogens is 1. The fourth-order valence-electron chi connectivity index (χ4n) is 2.91. The molecule has 0 unspecified atom stereocenters. The zero-order valence-corrected chi connectivity index (χ0v) is 15.3. The molecule has 134 valence electrons. The summed E-state index contributed by atoms with van der Waals surface area (Å²) in [6.07, 6.45) is 5.20. The minimum absolute atomic E-state index is 0.188. The van der Waals surface area contributed by atoms with Crippen molar-refractivity contribution in [3.63, 3.8) is 0 Å². The first-order valence-electron chi connectivity index (χ1n) is 8.41. The van der Waals surface area contributed by atoms with Crippen molar-refractivity contribution in [1.82, 2.24) is 25.1 Å². The number of pyridine rings is 2. The molecule has 0 aliphatic heterocycles. The van der Waals surface area contributed by atoms with Gasteiger partial charge in [-0.1, -0.05) is 23.7 Å². The van der Waals surface area contributed by atoms with E-state index < -0.39 is 0 Å². The second-order valence-corrected chi connectivity index (χ2v) is 6.51. The lowest BCUT2D eigenvalue weighted by Gasteiger charge is -2.11. The van der Waals surface area contributed by atoms with E-state index in [9.17, 15) is 4.79 Å². The maximum Gasteiger partial charge on any atom is 0.253 e. The second-order valence-electron chi connectivity index (χ2n) is 6.08. The number of hydrogen-bond donors (Lipinski definition) is 1. The summed E-state index contributed by atoms with van der Waals surface area (Å²) < 4.78 is 1.67. The highest BCUT2D eigenvalue weighted by molar-refractivity contribution is 6.31. The molecule has 7 heteroatoms. The summed E-state index contributed by atoms with van der Waals surface area (Å²) in [6, 6.07) is 12.8. The molecule has 0 saturated carbocycles. The van der Waals surface area contributed by atoms with Crippen LogP contribution < -0.4 is 5.32 Å². The van der Waals surface area contributed by atoms with E-state index in [4.69, 9.17) is 11.6 Å². The highest BCUT2D eigenvalue weighted by Gasteiger charge is 2.13. The third-order valence-electron chi connectivity index (χ3n) is 4.24. The number of carbonyl (C=O) groups is 1. The van der Waals surface area contributed by atoms with Gasteiger partial charge in [0.05, 0.1) is 16.8 Å². The summed E-state index contributed by atoms with van der Waals surface area (Å²) in [5.74, 6) is 0.498. The Balaban J connectivity index is 1.58. The van der Waals surface area contributed by atoms with Crippen molar-refractivity contribution in [2.24, 2.45) is 0 Å². The summed E-state index contributed by atoms with van der Waals surface area (Å²) in [7, 11) is 0. The molecule has 3 aromatic heterocycles. The number of nitrogens with one attached hydrogen (secondary N) is 1. The molecule has 0 fully saturated rings. The van der Waals surface area contributed by atoms with Crippen LogP contribution in [0.5, 0.6) is 0 Å². The van der Waals surface area contributed by atoms with Crippen LogP contribution in [0.25, 0.3) is 16.7 Å². The van der Waals surface area contributed by atoms with Crippen molar-refractivity contribution < 1.29 is 4.79 Å². The molecule has 6 nitrogen and oxygen atoms in total. The molecule has 4 rings (SSSR count). The van der Waals surface area contributed by atoms with Crippen LogP contribution in [0.2, 0.25) is 5.02 Å². The van der Waals surface area contributed by atoms with Crippen molar-refractivity contribution in [2.75, 3.05) is 0 Å². The van der Waals surface area contributed by atoms with Crippen LogP contribution in [0.4, 0.5) is 0 Å². The predicted octanol–water partition coefficient (Wildman–Crippen LogP) is 3.71. The Morgan fingerprint density at radius 1 is 1.19 bits per heavy atom. The van der Waals surface area contributed by atoms with Gasteiger partial charge in [0.25, 0.3) is 5.91 Å². The minimum atomic E-state index is -0.188. The van der Waals surface area contributed by atoms with Crippen LogP contribution in [0.1, 0.15) is 21.6 Å². The summed E-state index contributed by atoms with van der Waals surface area (Å²) in [6.45, 7) is 2.15. The Morgan fingerprint density at radius 3 is 2.89 bits per heavy atom. The van der Waals surface area contributed by atoms with E-state index in [1.165, 1.54) is 0 Å². The maximum absolute atomic E-state index is 12.7. The number of carbonyl (C=O) groups excluding carboxylic acids is 1. The normalized spacial score (nSPS) is 10.9. The first kappa shape index (κ1) is 17.2. The van der Waals surface area contributed by atoms with Crippen molar-refractivity contribution >= 4 is 28.4 Å². The van der Waals surface area contributed by atoms with E-state index in [-0.39, 0.29) is 5.91 Å². The summed E-state index contributed by atoms with van der Waals surface area (Å²) in [5.41, 5.74) is 2.83. The van der Waals surface area contributed by atoms with Gasteiger partial charge in [-0.3, -0.25) is 9.78 Å². The molecule has 0 radical (unpaired) electrons. The van der Waals surface area contributed by atoms with Crippen LogP contribution >= 0.6 is 11.6 Å². The number of hydrogen-bond acceptors (Lipinski definition) is 4. The van der Waals surface area contributed by atoms with Crippen molar-refractivity contribution in [3.05, 3.63) is 82.9 Å². The van der Waals surface area contributed by atoms with Gasteiger partial charge in [-0.25, -0.2) is 9.67 Å². The lowest BCUT2D eigenvalue weighted by molar-refractivity contribution is 0.0950. The summed E-state index contributed by atoms with van der Waals surface area (Å²) >= 11 is 6.02. The molecule has 1 amide bonds. The Morgan fingerprint density at radius 2 is 2.07 bits per heavy atom. The summed E-state index contributed by atoms with van der Waals surface area (Å²) in [5, 5.41) is 8.65. The molecule has 1 N–H and O–H groups in total. The van der Waals surface area contributed by atoms with Gasteiger partial charge in [-0.05, 0) is 37.3 Å². The number of benzene rings is 1. The van der Waals surface area contributed by atoms with E-state index in [1.54, 1.807) is 29.2 Å². The fraction of sp³-hybridized carbons (Fsp3) is 0.100. The molecular formula is C20H16ClN5O. The van der Waals surface area contributed by atoms with E-state index in [2.05, 4.69) is 20.4 Å². The molecule has 27 heavy (non-hydrogen) atoms. The predicted molar refractivity (Wildman–Crippen MR) is 104 cm³/mol. The lowest BCUT2D eigenvalue weighted by atomic mass is 10.1. The molecule has 4 aromatic rings. The van der Waals surface area contributed by atoms with Gasteiger partial charge < -0.3 is 5.32 Å². The molecule has 3 heterocycles. The Bertz CT molecular complexity index is 1120. The third-order valence-corrected chi connectivity index (χ3v) is 4.48. The molecule has 0 aliphatic rings. The van der Waals surface area contributed by atoms with Gasteiger partial charge >= 0.3 is 0 Å². The average molecular weight is 378 g/mol. The van der Waals surface area contributed by atoms with Crippen molar-refractivity contribution in [3.8, 4) is 5.82 Å². The Labute approximate surface area is 160 Å². The number of rotatable bonds is 4. The molecule has 0 aliphatic carbocycles. The van der Waals surface area contributed by atoms with E-state index in [0.29, 0.717) is 28.6 Å². The Kier molecular flexibility index (Phi) is 4.56. The van der Waals surface area contributed by atoms with Crippen LogP contribution in [0.15, 0.2) is 61.1 Å². The maximum atomic E-state index is 12.7. The third kappa shape index (κ3) is 3.52. The van der Waals surface area contributed by atoms with Crippen LogP contribution in [0, 0.1) is 6.92 Å². The fourth-order valence-corrected chi connectivity index (χ4v) is 3.07. The van der Waals surface area contributed by atoms with E-state index in [0.717, 1.165) is 16.5 Å². The van der Waals surface area contributed by atoms with Gasteiger partial charge in [0.15, 0.2) is 5.82 Å². The largest absolute Gasteiger partial charge is 0.348 e. The molecule has 0 saturated heterocycles. The summed E-state index contributed by atoms with van der Waals surface area (Å²) in [4.78, 5) is 21.6. The standard InChI is InChI=1S/C20H16ClN5O/c1-13-17(10-14-5-6-16(21)11-18(14)25-13)20(27)23-12-15-4-2-7-22-19(15)26-9-3-8-24-26/h2-11H,12H2,1H3,(H,23,27). The molecule has 0 bridgehead atoms. The van der Waals surface area contributed by atoms with Crippen LogP contribution in [-0.2, 0) is 6.54 Å². The molecule has 0 spiro atoms. The van der Waals surface area contributed by atoms with Crippen molar-refractivity contribution in [1.29, 1.82) is 0 Å². The lowest BCUT2D eigenvalue weighted by Crippen LogP contribution is -2.25. The Hall–Kier alpha value is -3.25. The van der Waals surface area contributed by atoms with Crippen molar-refractivity contribution in [2.45, 2.75) is 13.5 Å². The monoisotopic (exact) mass is 377 g/mol. The van der Waals surface area contributed by atoms with E-state index in [1.807, 2.05) is 43.5 Å². The molecular weight excluding hydrogens is 362 g/mol. The van der Waals surface area contributed by atoms with Gasteiger partial charge in [0.1, 0.15) is 0 Å². The van der Waals surface area contributed by atoms with Gasteiger partial charge in [0, 0.05) is 41.1 Å².